The van der Waals surface area contributed by atoms with Crippen LogP contribution in [0.2, 0.25) is 0 Å². The number of likely N-dealkylation sites (tertiary alicyclic amines) is 1. The molecule has 0 aliphatic carbocycles. The minimum Gasteiger partial charge on any atom is -0.341 e. The number of para-hydroxylation sites is 1. The number of carbonyl (C=O) groups excluding carboxylic acids is 2. The molecule has 0 bridgehead atoms. The SMILES string of the molecule is CCc1cccc(CC)c1N(CC(=O)N1CCC(C)CC1)C(C)=O. The Labute approximate surface area is 145 Å². The zero-order valence-electron chi connectivity index (χ0n) is 15.5. The van der Waals surface area contributed by atoms with Gasteiger partial charge in [-0.15, -0.1) is 0 Å². The van der Waals surface area contributed by atoms with E-state index in [0.29, 0.717) is 5.92 Å². The third-order valence-corrected chi connectivity index (χ3v) is 5.04. The van der Waals surface area contributed by atoms with Crippen LogP contribution in [0, 0.1) is 5.92 Å². The van der Waals surface area contributed by atoms with E-state index in [2.05, 4.69) is 32.9 Å². The third kappa shape index (κ3) is 4.16. The lowest BCUT2D eigenvalue weighted by Crippen LogP contribution is -2.45. The third-order valence-electron chi connectivity index (χ3n) is 5.04. The predicted molar refractivity (Wildman–Crippen MR) is 98.2 cm³/mol. The molecular formula is C20H30N2O2. The molecule has 24 heavy (non-hydrogen) atoms. The van der Waals surface area contributed by atoms with Crippen LogP contribution in [0.25, 0.3) is 0 Å². The molecule has 0 N–H and O–H groups in total. The van der Waals surface area contributed by atoms with Crippen molar-refractivity contribution in [2.75, 3.05) is 24.5 Å². The number of hydrogen-bond donors (Lipinski definition) is 0. The summed E-state index contributed by atoms with van der Waals surface area (Å²) in [4.78, 5) is 28.6. The van der Waals surface area contributed by atoms with E-state index in [0.717, 1.165) is 55.6 Å². The van der Waals surface area contributed by atoms with Crippen LogP contribution in [0.3, 0.4) is 0 Å². The Morgan fingerprint density at radius 1 is 1.12 bits per heavy atom. The second-order valence-electron chi connectivity index (χ2n) is 6.80. The van der Waals surface area contributed by atoms with Crippen LogP contribution in [0.15, 0.2) is 18.2 Å². The van der Waals surface area contributed by atoms with E-state index >= 15 is 0 Å². The van der Waals surface area contributed by atoms with Gasteiger partial charge in [0.15, 0.2) is 0 Å². The maximum Gasteiger partial charge on any atom is 0.242 e. The average Bonchev–Trinajstić information content (AvgIpc) is 2.59. The van der Waals surface area contributed by atoms with Crippen molar-refractivity contribution in [3.63, 3.8) is 0 Å². The molecule has 0 aromatic heterocycles. The molecule has 1 aromatic rings. The lowest BCUT2D eigenvalue weighted by Gasteiger charge is -2.33. The molecule has 132 valence electrons. The Bertz CT molecular complexity index is 567. The van der Waals surface area contributed by atoms with Gasteiger partial charge in [-0.25, -0.2) is 0 Å². The molecule has 0 atom stereocenters. The monoisotopic (exact) mass is 330 g/mol. The van der Waals surface area contributed by atoms with Crippen molar-refractivity contribution < 1.29 is 9.59 Å². The molecule has 1 aromatic carbocycles. The van der Waals surface area contributed by atoms with E-state index in [1.165, 1.54) is 0 Å². The van der Waals surface area contributed by atoms with Gasteiger partial charge in [-0.3, -0.25) is 9.59 Å². The van der Waals surface area contributed by atoms with Gasteiger partial charge < -0.3 is 9.80 Å². The second-order valence-corrected chi connectivity index (χ2v) is 6.80. The maximum absolute atomic E-state index is 12.7. The topological polar surface area (TPSA) is 40.6 Å². The minimum atomic E-state index is -0.0654. The molecule has 0 unspecified atom stereocenters. The number of nitrogens with zero attached hydrogens (tertiary/aromatic N) is 2. The Morgan fingerprint density at radius 3 is 2.12 bits per heavy atom. The molecular weight excluding hydrogens is 300 g/mol. The Kier molecular flexibility index (Phi) is 6.41. The van der Waals surface area contributed by atoms with Crippen LogP contribution in [0.1, 0.15) is 51.7 Å². The van der Waals surface area contributed by atoms with Crippen molar-refractivity contribution >= 4 is 17.5 Å². The molecule has 1 aliphatic heterocycles. The molecule has 4 nitrogen and oxygen atoms in total. The summed E-state index contributed by atoms with van der Waals surface area (Å²) in [5, 5.41) is 0. The van der Waals surface area contributed by atoms with E-state index in [1.54, 1.807) is 11.8 Å². The summed E-state index contributed by atoms with van der Waals surface area (Å²) >= 11 is 0. The first-order valence-electron chi connectivity index (χ1n) is 9.14. The van der Waals surface area contributed by atoms with Crippen molar-refractivity contribution in [3.8, 4) is 0 Å². The lowest BCUT2D eigenvalue weighted by atomic mass is 9.99. The zero-order chi connectivity index (χ0) is 17.7. The zero-order valence-corrected chi connectivity index (χ0v) is 15.5. The van der Waals surface area contributed by atoms with Crippen LogP contribution in [0.5, 0.6) is 0 Å². The molecule has 4 heteroatoms. The molecule has 0 radical (unpaired) electrons. The Balaban J connectivity index is 2.24. The smallest absolute Gasteiger partial charge is 0.242 e. The molecule has 1 fully saturated rings. The molecule has 2 amide bonds. The number of rotatable bonds is 5. The quantitative estimate of drug-likeness (QED) is 0.830. The standard InChI is InChI=1S/C20H30N2O2/c1-5-17-8-7-9-18(6-2)20(17)22(16(4)23)14-19(24)21-12-10-15(3)11-13-21/h7-9,15H,5-6,10-14H2,1-4H3. The van der Waals surface area contributed by atoms with E-state index in [9.17, 15) is 9.59 Å². The fourth-order valence-electron chi connectivity index (χ4n) is 3.40. The van der Waals surface area contributed by atoms with Gasteiger partial charge >= 0.3 is 0 Å². The maximum atomic E-state index is 12.7. The highest BCUT2D eigenvalue weighted by atomic mass is 16.2. The average molecular weight is 330 g/mol. The molecule has 0 spiro atoms. The van der Waals surface area contributed by atoms with Crippen molar-refractivity contribution in [3.05, 3.63) is 29.3 Å². The Hall–Kier alpha value is -1.84. The van der Waals surface area contributed by atoms with Gasteiger partial charge in [-0.2, -0.15) is 0 Å². The van der Waals surface area contributed by atoms with Crippen molar-refractivity contribution in [2.45, 2.75) is 53.4 Å². The fraction of sp³-hybridized carbons (Fsp3) is 0.600. The van der Waals surface area contributed by atoms with E-state index in [1.807, 2.05) is 11.0 Å². The van der Waals surface area contributed by atoms with Crippen molar-refractivity contribution in [2.24, 2.45) is 5.92 Å². The van der Waals surface area contributed by atoms with Gasteiger partial charge in [0.2, 0.25) is 11.8 Å². The van der Waals surface area contributed by atoms with E-state index in [-0.39, 0.29) is 18.4 Å². The second kappa shape index (κ2) is 8.32. The summed E-state index contributed by atoms with van der Waals surface area (Å²) in [5.74, 6) is 0.680. The van der Waals surface area contributed by atoms with Crippen LogP contribution in [0.4, 0.5) is 5.69 Å². The van der Waals surface area contributed by atoms with Crippen LogP contribution >= 0.6 is 0 Å². The Morgan fingerprint density at radius 2 is 1.67 bits per heavy atom. The molecule has 0 saturated carbocycles. The molecule has 1 heterocycles. The van der Waals surface area contributed by atoms with Crippen molar-refractivity contribution in [1.82, 2.24) is 4.90 Å². The number of anilines is 1. The first-order chi connectivity index (χ1) is 11.5. The summed E-state index contributed by atoms with van der Waals surface area (Å²) in [6, 6.07) is 6.14. The van der Waals surface area contributed by atoms with Gasteiger partial charge in [0, 0.05) is 20.0 Å². The summed E-state index contributed by atoms with van der Waals surface area (Å²) in [6.45, 7) is 9.72. The van der Waals surface area contributed by atoms with Crippen LogP contribution < -0.4 is 4.90 Å². The summed E-state index contributed by atoms with van der Waals surface area (Å²) < 4.78 is 0. The van der Waals surface area contributed by atoms with Crippen molar-refractivity contribution in [1.29, 1.82) is 0 Å². The van der Waals surface area contributed by atoms with E-state index < -0.39 is 0 Å². The van der Waals surface area contributed by atoms with Crippen LogP contribution in [-0.2, 0) is 22.4 Å². The normalized spacial score (nSPS) is 15.4. The highest BCUT2D eigenvalue weighted by Crippen LogP contribution is 2.27. The summed E-state index contributed by atoms with van der Waals surface area (Å²) in [6.07, 6.45) is 3.81. The summed E-state index contributed by atoms with van der Waals surface area (Å²) in [7, 11) is 0. The van der Waals surface area contributed by atoms with Gasteiger partial charge in [-0.1, -0.05) is 39.0 Å². The molecule has 1 saturated heterocycles. The highest BCUT2D eigenvalue weighted by molar-refractivity contribution is 5.98. The van der Waals surface area contributed by atoms with E-state index in [4.69, 9.17) is 0 Å². The van der Waals surface area contributed by atoms with Gasteiger partial charge in [0.05, 0.1) is 5.69 Å². The number of piperidine rings is 1. The first-order valence-corrected chi connectivity index (χ1v) is 9.14. The first kappa shape index (κ1) is 18.5. The lowest BCUT2D eigenvalue weighted by molar-refractivity contribution is -0.132. The van der Waals surface area contributed by atoms with Crippen LogP contribution in [-0.4, -0.2) is 36.3 Å². The predicted octanol–water partition coefficient (Wildman–Crippen LogP) is 3.42. The fourth-order valence-corrected chi connectivity index (χ4v) is 3.40. The van der Waals surface area contributed by atoms with Gasteiger partial charge in [0.25, 0.3) is 0 Å². The minimum absolute atomic E-state index is 0.0602. The number of amides is 2. The number of aryl methyl sites for hydroxylation is 2. The largest absolute Gasteiger partial charge is 0.341 e. The summed E-state index contributed by atoms with van der Waals surface area (Å²) in [5.41, 5.74) is 3.20. The highest BCUT2D eigenvalue weighted by Gasteiger charge is 2.25. The van der Waals surface area contributed by atoms with Gasteiger partial charge in [0.1, 0.15) is 6.54 Å². The number of hydrogen-bond acceptors (Lipinski definition) is 2. The number of benzene rings is 1. The molecule has 2 rings (SSSR count). The number of carbonyl (C=O) groups is 2. The molecule has 1 aliphatic rings. The van der Waals surface area contributed by atoms with Gasteiger partial charge in [-0.05, 0) is 42.7 Å².